The number of pyridine rings is 1. The molecule has 0 bridgehead atoms. The van der Waals surface area contributed by atoms with E-state index in [1.807, 2.05) is 31.4 Å². The van der Waals surface area contributed by atoms with Gasteiger partial charge in [-0.1, -0.05) is 0 Å². The number of likely N-dealkylation sites (N-methyl/N-ethyl adjacent to an activating group) is 1. The van der Waals surface area contributed by atoms with E-state index in [2.05, 4.69) is 25.3 Å². The van der Waals surface area contributed by atoms with Crippen LogP contribution in [0.1, 0.15) is 18.4 Å². The SMILES string of the molecule is CN=C(NCc1ccnc(-n2cccn2)c1)N(C)CCOCC1CC1.I. The highest BCUT2D eigenvalue weighted by atomic mass is 127. The lowest BCUT2D eigenvalue weighted by atomic mass is 10.2. The van der Waals surface area contributed by atoms with Crippen LogP contribution >= 0.6 is 24.0 Å². The predicted molar refractivity (Wildman–Crippen MR) is 113 cm³/mol. The quantitative estimate of drug-likeness (QED) is 0.278. The van der Waals surface area contributed by atoms with Crippen LogP contribution in [0.15, 0.2) is 41.8 Å². The van der Waals surface area contributed by atoms with Gasteiger partial charge in [0.05, 0.1) is 6.61 Å². The van der Waals surface area contributed by atoms with Crippen LogP contribution in [0.5, 0.6) is 0 Å². The van der Waals surface area contributed by atoms with Gasteiger partial charge < -0.3 is 15.0 Å². The molecule has 3 rings (SSSR count). The average molecular weight is 470 g/mol. The topological polar surface area (TPSA) is 67.6 Å². The number of nitrogens with zero attached hydrogens (tertiary/aromatic N) is 5. The van der Waals surface area contributed by atoms with E-state index in [4.69, 9.17) is 4.74 Å². The van der Waals surface area contributed by atoms with Crippen molar-refractivity contribution in [1.29, 1.82) is 0 Å². The number of aromatic nitrogens is 3. The molecule has 1 aliphatic carbocycles. The molecule has 0 atom stereocenters. The van der Waals surface area contributed by atoms with Gasteiger partial charge in [0.2, 0.25) is 0 Å². The predicted octanol–water partition coefficient (Wildman–Crippen LogP) is 2.32. The van der Waals surface area contributed by atoms with E-state index >= 15 is 0 Å². The highest BCUT2D eigenvalue weighted by Gasteiger charge is 2.21. The average Bonchev–Trinajstić information content (AvgIpc) is 3.29. The van der Waals surface area contributed by atoms with Gasteiger partial charge in [0, 0.05) is 52.4 Å². The summed E-state index contributed by atoms with van der Waals surface area (Å²) in [6.07, 6.45) is 8.08. The van der Waals surface area contributed by atoms with Crippen molar-refractivity contribution in [3.05, 3.63) is 42.4 Å². The fourth-order valence-electron chi connectivity index (χ4n) is 2.51. The van der Waals surface area contributed by atoms with Gasteiger partial charge in [-0.3, -0.25) is 4.99 Å². The summed E-state index contributed by atoms with van der Waals surface area (Å²) in [4.78, 5) is 10.8. The van der Waals surface area contributed by atoms with Gasteiger partial charge >= 0.3 is 0 Å². The minimum Gasteiger partial charge on any atom is -0.379 e. The molecule has 0 saturated heterocycles. The summed E-state index contributed by atoms with van der Waals surface area (Å²) in [5, 5.41) is 7.60. The van der Waals surface area contributed by atoms with Crippen LogP contribution in [0.25, 0.3) is 5.82 Å². The highest BCUT2D eigenvalue weighted by molar-refractivity contribution is 14.0. The van der Waals surface area contributed by atoms with E-state index in [1.54, 1.807) is 24.1 Å². The fourth-order valence-corrected chi connectivity index (χ4v) is 2.51. The summed E-state index contributed by atoms with van der Waals surface area (Å²) in [6.45, 7) is 3.12. The van der Waals surface area contributed by atoms with Crippen molar-refractivity contribution < 1.29 is 4.74 Å². The number of guanidine groups is 1. The Balaban J connectivity index is 0.00000243. The van der Waals surface area contributed by atoms with Crippen molar-refractivity contribution in [1.82, 2.24) is 25.0 Å². The van der Waals surface area contributed by atoms with Gasteiger partial charge in [0.1, 0.15) is 0 Å². The first-order chi connectivity index (χ1) is 12.3. The maximum atomic E-state index is 5.70. The van der Waals surface area contributed by atoms with E-state index in [1.165, 1.54) is 12.8 Å². The van der Waals surface area contributed by atoms with Crippen molar-refractivity contribution >= 4 is 29.9 Å². The number of nitrogens with one attached hydrogen (secondary N) is 1. The van der Waals surface area contributed by atoms with E-state index in [9.17, 15) is 0 Å². The number of hydrogen-bond acceptors (Lipinski definition) is 4. The van der Waals surface area contributed by atoms with Gasteiger partial charge in [-0.05, 0) is 42.5 Å². The summed E-state index contributed by atoms with van der Waals surface area (Å²) in [5.74, 6) is 2.46. The molecule has 0 aromatic carbocycles. The van der Waals surface area contributed by atoms with Crippen molar-refractivity contribution in [3.63, 3.8) is 0 Å². The third-order valence-corrected chi connectivity index (χ3v) is 4.19. The first-order valence-corrected chi connectivity index (χ1v) is 8.70. The van der Waals surface area contributed by atoms with E-state index in [-0.39, 0.29) is 24.0 Å². The number of halogens is 1. The second-order valence-corrected chi connectivity index (χ2v) is 6.31. The van der Waals surface area contributed by atoms with E-state index < -0.39 is 0 Å². The van der Waals surface area contributed by atoms with Crippen molar-refractivity contribution in [2.24, 2.45) is 10.9 Å². The number of aliphatic imine (C=N–C) groups is 1. The van der Waals surface area contributed by atoms with Crippen LogP contribution in [-0.4, -0.2) is 59.5 Å². The third-order valence-electron chi connectivity index (χ3n) is 4.19. The van der Waals surface area contributed by atoms with Crippen LogP contribution in [0.4, 0.5) is 0 Å². The van der Waals surface area contributed by atoms with Crippen LogP contribution in [0.3, 0.4) is 0 Å². The van der Waals surface area contributed by atoms with Crippen LogP contribution in [-0.2, 0) is 11.3 Å². The second-order valence-electron chi connectivity index (χ2n) is 6.31. The largest absolute Gasteiger partial charge is 0.379 e. The molecule has 1 N–H and O–H groups in total. The van der Waals surface area contributed by atoms with Gasteiger partial charge in [-0.25, -0.2) is 9.67 Å². The molecule has 2 heterocycles. The number of rotatable bonds is 8. The Hall–Kier alpha value is -1.68. The number of hydrogen-bond donors (Lipinski definition) is 1. The summed E-state index contributed by atoms with van der Waals surface area (Å²) < 4.78 is 7.45. The minimum atomic E-state index is 0. The molecule has 0 amide bonds. The smallest absolute Gasteiger partial charge is 0.193 e. The summed E-state index contributed by atoms with van der Waals surface area (Å²) in [5.41, 5.74) is 1.13. The second kappa shape index (κ2) is 10.5. The first kappa shape index (κ1) is 20.6. The van der Waals surface area contributed by atoms with Crippen LogP contribution in [0, 0.1) is 5.92 Å². The first-order valence-electron chi connectivity index (χ1n) is 8.70. The van der Waals surface area contributed by atoms with Crippen molar-refractivity contribution in [2.45, 2.75) is 19.4 Å². The molecule has 142 valence electrons. The number of ether oxygens (including phenoxy) is 1. The molecule has 0 radical (unpaired) electrons. The normalized spacial score (nSPS) is 14.0. The lowest BCUT2D eigenvalue weighted by Crippen LogP contribution is -2.40. The van der Waals surface area contributed by atoms with Gasteiger partial charge in [0.25, 0.3) is 0 Å². The highest BCUT2D eigenvalue weighted by Crippen LogP contribution is 2.28. The van der Waals surface area contributed by atoms with Gasteiger partial charge in [-0.15, -0.1) is 24.0 Å². The maximum Gasteiger partial charge on any atom is 0.193 e. The Kier molecular flexibility index (Phi) is 8.30. The molecule has 1 fully saturated rings. The molecular weight excluding hydrogens is 443 g/mol. The molecule has 1 saturated carbocycles. The molecule has 0 aliphatic heterocycles. The summed E-state index contributed by atoms with van der Waals surface area (Å²) >= 11 is 0. The van der Waals surface area contributed by atoms with E-state index in [0.717, 1.165) is 43.0 Å². The summed E-state index contributed by atoms with van der Waals surface area (Å²) in [6, 6.07) is 5.90. The van der Waals surface area contributed by atoms with Crippen molar-refractivity contribution in [2.75, 3.05) is 33.9 Å². The summed E-state index contributed by atoms with van der Waals surface area (Å²) in [7, 11) is 3.82. The van der Waals surface area contributed by atoms with Crippen LogP contribution < -0.4 is 5.32 Å². The monoisotopic (exact) mass is 470 g/mol. The van der Waals surface area contributed by atoms with Gasteiger partial charge in [0.15, 0.2) is 11.8 Å². The molecule has 7 nitrogen and oxygen atoms in total. The Morgan fingerprint density at radius 2 is 2.27 bits per heavy atom. The zero-order valence-electron chi connectivity index (χ0n) is 15.3. The minimum absolute atomic E-state index is 0. The molecule has 2 aromatic heterocycles. The fraction of sp³-hybridized carbons (Fsp3) is 0.500. The third kappa shape index (κ3) is 6.24. The lowest BCUT2D eigenvalue weighted by molar-refractivity contribution is 0.115. The molecular formula is C18H27IN6O. The molecule has 2 aromatic rings. The zero-order valence-corrected chi connectivity index (χ0v) is 17.7. The zero-order chi connectivity index (χ0) is 17.5. The lowest BCUT2D eigenvalue weighted by Gasteiger charge is -2.22. The molecule has 26 heavy (non-hydrogen) atoms. The molecule has 0 spiro atoms. The Bertz CT molecular complexity index is 687. The molecule has 0 unspecified atom stereocenters. The standard InChI is InChI=1S/C18H26N6O.HI/c1-19-18(23(2)10-11-25-14-15-4-5-15)21-13-16-6-8-20-17(12-16)24-9-3-7-22-24;/h3,6-9,12,15H,4-5,10-11,13-14H2,1-2H3,(H,19,21);1H. The van der Waals surface area contributed by atoms with Crippen LogP contribution in [0.2, 0.25) is 0 Å². The maximum absolute atomic E-state index is 5.70. The Labute approximate surface area is 171 Å². The molecule has 1 aliphatic rings. The molecule has 8 heteroatoms. The van der Waals surface area contributed by atoms with Crippen molar-refractivity contribution in [3.8, 4) is 5.82 Å². The van der Waals surface area contributed by atoms with Gasteiger partial charge in [-0.2, -0.15) is 5.10 Å². The van der Waals surface area contributed by atoms with E-state index in [0.29, 0.717) is 6.54 Å². The Morgan fingerprint density at radius 3 is 2.96 bits per heavy atom. The Morgan fingerprint density at radius 1 is 1.42 bits per heavy atom.